The lowest BCUT2D eigenvalue weighted by atomic mass is 9.93. The Hall–Kier alpha value is -1.94. The fourth-order valence-electron chi connectivity index (χ4n) is 2.57. The minimum absolute atomic E-state index is 0.0793. The van der Waals surface area contributed by atoms with Crippen LogP contribution in [0.2, 0.25) is 0 Å². The van der Waals surface area contributed by atoms with E-state index in [-0.39, 0.29) is 6.61 Å². The fraction of sp³-hybridized carbons (Fsp3) is 0.375. The van der Waals surface area contributed by atoms with Crippen LogP contribution < -0.4 is 0 Å². The summed E-state index contributed by atoms with van der Waals surface area (Å²) in [5.41, 5.74) is 3.78. The van der Waals surface area contributed by atoms with Gasteiger partial charge >= 0.3 is 0 Å². The molecule has 0 atom stereocenters. The number of hydrogen-bond donors (Lipinski definition) is 1. The van der Waals surface area contributed by atoms with Crippen LogP contribution in [0.25, 0.3) is 17.0 Å². The van der Waals surface area contributed by atoms with Crippen LogP contribution in [0, 0.1) is 0 Å². The van der Waals surface area contributed by atoms with Crippen molar-refractivity contribution in [2.24, 2.45) is 0 Å². The van der Waals surface area contributed by atoms with Gasteiger partial charge in [0.25, 0.3) is 0 Å². The zero-order valence-corrected chi connectivity index (χ0v) is 11.5. The number of aliphatic hydroxyl groups is 1. The van der Waals surface area contributed by atoms with Gasteiger partial charge in [0.05, 0.1) is 13.2 Å². The van der Waals surface area contributed by atoms with Crippen molar-refractivity contribution in [3.8, 4) is 11.4 Å². The summed E-state index contributed by atoms with van der Waals surface area (Å²) in [6.45, 7) is 0.563. The van der Waals surface area contributed by atoms with Gasteiger partial charge in [-0.2, -0.15) is 5.10 Å². The van der Waals surface area contributed by atoms with E-state index < -0.39 is 0 Å². The van der Waals surface area contributed by atoms with Gasteiger partial charge in [0.1, 0.15) is 6.33 Å². The van der Waals surface area contributed by atoms with Crippen LogP contribution in [0.5, 0.6) is 0 Å². The summed E-state index contributed by atoms with van der Waals surface area (Å²) < 4.78 is 1.66. The minimum Gasteiger partial charge on any atom is -0.394 e. The topological polar surface area (TPSA) is 50.9 Å². The van der Waals surface area contributed by atoms with Crippen LogP contribution in [-0.2, 0) is 6.54 Å². The third-order valence-corrected chi connectivity index (χ3v) is 3.67. The number of rotatable bonds is 4. The molecule has 1 aromatic carbocycles. The highest BCUT2D eigenvalue weighted by Gasteiger charge is 2.08. The molecule has 0 bridgehead atoms. The van der Waals surface area contributed by atoms with E-state index >= 15 is 0 Å². The molecular formula is C16H19N3O. The van der Waals surface area contributed by atoms with E-state index in [1.807, 2.05) is 0 Å². The van der Waals surface area contributed by atoms with E-state index in [2.05, 4.69) is 40.4 Å². The molecule has 1 aliphatic rings. The van der Waals surface area contributed by atoms with Gasteiger partial charge in [0.2, 0.25) is 0 Å². The lowest BCUT2D eigenvalue weighted by molar-refractivity contribution is 0.269. The maximum Gasteiger partial charge on any atom is 0.181 e. The average molecular weight is 269 g/mol. The number of aromatic nitrogens is 3. The Morgan fingerprint density at radius 3 is 2.60 bits per heavy atom. The molecule has 104 valence electrons. The summed E-state index contributed by atoms with van der Waals surface area (Å²) >= 11 is 0. The Balaban J connectivity index is 1.79. The van der Waals surface area contributed by atoms with E-state index in [9.17, 15) is 0 Å². The van der Waals surface area contributed by atoms with Gasteiger partial charge in [0.15, 0.2) is 5.82 Å². The lowest BCUT2D eigenvalue weighted by Crippen LogP contribution is -2.02. The molecule has 0 radical (unpaired) electrons. The molecule has 1 heterocycles. The molecule has 0 spiro atoms. The van der Waals surface area contributed by atoms with Gasteiger partial charge in [-0.3, -0.25) is 4.68 Å². The molecule has 0 unspecified atom stereocenters. The van der Waals surface area contributed by atoms with Crippen molar-refractivity contribution in [1.29, 1.82) is 0 Å². The Labute approximate surface area is 118 Å². The molecule has 2 aromatic rings. The summed E-state index contributed by atoms with van der Waals surface area (Å²) in [7, 11) is 0. The first-order valence-electron chi connectivity index (χ1n) is 7.17. The minimum atomic E-state index is 0.0793. The number of aliphatic hydroxyl groups excluding tert-OH is 1. The molecule has 0 saturated heterocycles. The lowest BCUT2D eigenvalue weighted by Gasteiger charge is -2.12. The molecule has 4 heteroatoms. The monoisotopic (exact) mass is 269 g/mol. The predicted octanol–water partition coefficient (Wildman–Crippen LogP) is 2.89. The first-order chi connectivity index (χ1) is 9.86. The number of hydrogen-bond acceptors (Lipinski definition) is 3. The van der Waals surface area contributed by atoms with Crippen molar-refractivity contribution >= 4 is 5.57 Å². The quantitative estimate of drug-likeness (QED) is 0.928. The first-order valence-corrected chi connectivity index (χ1v) is 7.17. The summed E-state index contributed by atoms with van der Waals surface area (Å²) in [6, 6.07) is 8.45. The summed E-state index contributed by atoms with van der Waals surface area (Å²) in [5, 5.41) is 13.2. The van der Waals surface area contributed by atoms with Gasteiger partial charge in [-0.25, -0.2) is 4.98 Å². The van der Waals surface area contributed by atoms with Crippen molar-refractivity contribution in [3.63, 3.8) is 0 Å². The van der Waals surface area contributed by atoms with E-state index in [4.69, 9.17) is 5.11 Å². The highest BCUT2D eigenvalue weighted by molar-refractivity contribution is 5.68. The molecule has 3 rings (SSSR count). The molecule has 1 aromatic heterocycles. The molecule has 0 saturated carbocycles. The number of nitrogens with zero attached hydrogens (tertiary/aromatic N) is 3. The third-order valence-electron chi connectivity index (χ3n) is 3.67. The van der Waals surface area contributed by atoms with Crippen LogP contribution in [-0.4, -0.2) is 26.5 Å². The molecule has 20 heavy (non-hydrogen) atoms. The van der Waals surface area contributed by atoms with E-state index in [1.165, 1.54) is 36.8 Å². The molecule has 0 aliphatic heterocycles. The Morgan fingerprint density at radius 1 is 1.10 bits per heavy atom. The van der Waals surface area contributed by atoms with Gasteiger partial charge in [-0.1, -0.05) is 30.3 Å². The first kappa shape index (κ1) is 13.1. The van der Waals surface area contributed by atoms with Crippen LogP contribution in [0.15, 0.2) is 36.7 Å². The average Bonchev–Trinajstić information content (AvgIpc) is 2.97. The van der Waals surface area contributed by atoms with Crippen LogP contribution in [0.3, 0.4) is 0 Å². The Kier molecular flexibility index (Phi) is 3.92. The number of allylic oxidation sites excluding steroid dienone is 2. The van der Waals surface area contributed by atoms with Gasteiger partial charge in [-0.05, 0) is 36.8 Å². The van der Waals surface area contributed by atoms with Crippen molar-refractivity contribution in [2.45, 2.75) is 32.2 Å². The van der Waals surface area contributed by atoms with Gasteiger partial charge in [-0.15, -0.1) is 0 Å². The Bertz CT molecular complexity index is 598. The van der Waals surface area contributed by atoms with E-state index in [0.717, 1.165) is 5.56 Å². The predicted molar refractivity (Wildman–Crippen MR) is 79.0 cm³/mol. The maximum atomic E-state index is 8.89. The van der Waals surface area contributed by atoms with Crippen molar-refractivity contribution in [1.82, 2.24) is 14.8 Å². The molecule has 0 fully saturated rings. The molecule has 0 amide bonds. The fourth-order valence-corrected chi connectivity index (χ4v) is 2.57. The van der Waals surface area contributed by atoms with Crippen molar-refractivity contribution in [2.75, 3.05) is 6.61 Å². The van der Waals surface area contributed by atoms with Crippen LogP contribution >= 0.6 is 0 Å². The zero-order valence-electron chi connectivity index (χ0n) is 11.5. The third kappa shape index (κ3) is 2.80. The molecule has 1 N–H and O–H groups in total. The van der Waals surface area contributed by atoms with Crippen LogP contribution in [0.4, 0.5) is 0 Å². The second-order valence-corrected chi connectivity index (χ2v) is 5.11. The second-order valence-electron chi connectivity index (χ2n) is 5.11. The van der Waals surface area contributed by atoms with Crippen molar-refractivity contribution < 1.29 is 5.11 Å². The molecular weight excluding hydrogens is 250 g/mol. The van der Waals surface area contributed by atoms with E-state index in [0.29, 0.717) is 12.4 Å². The summed E-state index contributed by atoms with van der Waals surface area (Å²) in [6.07, 6.45) is 9.00. The van der Waals surface area contributed by atoms with Gasteiger partial charge in [0, 0.05) is 5.56 Å². The van der Waals surface area contributed by atoms with Gasteiger partial charge < -0.3 is 5.11 Å². The van der Waals surface area contributed by atoms with E-state index in [1.54, 1.807) is 11.0 Å². The second kappa shape index (κ2) is 6.01. The highest BCUT2D eigenvalue weighted by Crippen LogP contribution is 2.27. The highest BCUT2D eigenvalue weighted by atomic mass is 16.3. The largest absolute Gasteiger partial charge is 0.394 e. The van der Waals surface area contributed by atoms with Crippen LogP contribution in [0.1, 0.15) is 31.2 Å². The SMILES string of the molecule is OCCn1cnc(-c2ccc(C3=CCCCC3)cc2)n1. The molecule has 1 aliphatic carbocycles. The summed E-state index contributed by atoms with van der Waals surface area (Å²) in [4.78, 5) is 4.27. The maximum absolute atomic E-state index is 8.89. The summed E-state index contributed by atoms with van der Waals surface area (Å²) in [5.74, 6) is 0.711. The zero-order chi connectivity index (χ0) is 13.8. The number of benzene rings is 1. The Morgan fingerprint density at radius 2 is 1.90 bits per heavy atom. The molecule has 4 nitrogen and oxygen atoms in total. The van der Waals surface area contributed by atoms with Crippen molar-refractivity contribution in [3.05, 3.63) is 42.2 Å². The standard InChI is InChI=1S/C16H19N3O/c20-11-10-19-12-17-16(18-19)15-8-6-14(7-9-15)13-4-2-1-3-5-13/h4,6-9,12,20H,1-3,5,10-11H2. The smallest absolute Gasteiger partial charge is 0.181 e. The normalized spacial score (nSPS) is 15.2.